The summed E-state index contributed by atoms with van der Waals surface area (Å²) in [7, 11) is 0. The molecule has 0 bridgehead atoms. The van der Waals surface area contributed by atoms with Crippen LogP contribution in [-0.2, 0) is 4.79 Å². The smallest absolute Gasteiger partial charge is 0.191 e. The van der Waals surface area contributed by atoms with Crippen LogP contribution in [0.25, 0.3) is 0 Å². The van der Waals surface area contributed by atoms with E-state index in [0.29, 0.717) is 6.42 Å². The molecule has 0 heterocycles. The lowest BCUT2D eigenvalue weighted by Crippen LogP contribution is -2.34. The molecular weight excluding hydrogens is 292 g/mol. The summed E-state index contributed by atoms with van der Waals surface area (Å²) in [6, 6.07) is 0. The summed E-state index contributed by atoms with van der Waals surface area (Å²) >= 11 is 0. The van der Waals surface area contributed by atoms with E-state index in [-0.39, 0.29) is 0 Å². The standard InChI is InChI=1S/C19H38O4/c1-2-3-4-5-6-7-8-9-10-11-12-13-14-15-17(21)19(23)18(22)16-20/h17-18,20-22H,2-16H2,1H3. The summed E-state index contributed by atoms with van der Waals surface area (Å²) in [5, 5.41) is 27.4. The first-order valence-corrected chi connectivity index (χ1v) is 9.64. The molecule has 0 radical (unpaired) electrons. The van der Waals surface area contributed by atoms with Gasteiger partial charge in [-0.25, -0.2) is 0 Å². The van der Waals surface area contributed by atoms with Crippen molar-refractivity contribution >= 4 is 5.78 Å². The SMILES string of the molecule is CCCCCCCCCCCCCCCC(O)C(=O)C(O)CO. The second kappa shape index (κ2) is 16.4. The van der Waals surface area contributed by atoms with Gasteiger partial charge in [-0.3, -0.25) is 4.79 Å². The molecule has 0 saturated carbocycles. The molecule has 4 nitrogen and oxygen atoms in total. The lowest BCUT2D eigenvalue weighted by molar-refractivity contribution is -0.137. The van der Waals surface area contributed by atoms with Gasteiger partial charge >= 0.3 is 0 Å². The van der Waals surface area contributed by atoms with Crippen LogP contribution in [0.2, 0.25) is 0 Å². The quantitative estimate of drug-likeness (QED) is 0.355. The zero-order valence-corrected chi connectivity index (χ0v) is 15.0. The molecule has 0 aromatic carbocycles. The third kappa shape index (κ3) is 13.7. The fraction of sp³-hybridized carbons (Fsp3) is 0.947. The maximum atomic E-state index is 11.4. The van der Waals surface area contributed by atoms with Crippen molar-refractivity contribution in [1.82, 2.24) is 0 Å². The lowest BCUT2D eigenvalue weighted by Gasteiger charge is -2.12. The molecule has 0 aromatic heterocycles. The van der Waals surface area contributed by atoms with E-state index >= 15 is 0 Å². The van der Waals surface area contributed by atoms with E-state index in [2.05, 4.69) is 6.92 Å². The van der Waals surface area contributed by atoms with E-state index in [0.717, 1.165) is 19.3 Å². The summed E-state index contributed by atoms with van der Waals surface area (Å²) in [5.74, 6) is -0.661. The lowest BCUT2D eigenvalue weighted by atomic mass is 10.0. The Morgan fingerprint density at radius 2 is 1.09 bits per heavy atom. The van der Waals surface area contributed by atoms with Gasteiger partial charge in [0.2, 0.25) is 0 Å². The molecular formula is C19H38O4. The molecule has 0 aliphatic carbocycles. The molecule has 138 valence electrons. The molecule has 0 fully saturated rings. The van der Waals surface area contributed by atoms with Crippen molar-refractivity contribution in [2.24, 2.45) is 0 Å². The Hall–Kier alpha value is -0.450. The van der Waals surface area contributed by atoms with Crippen molar-refractivity contribution in [3.8, 4) is 0 Å². The van der Waals surface area contributed by atoms with Gasteiger partial charge in [-0.05, 0) is 6.42 Å². The van der Waals surface area contributed by atoms with E-state index in [1.54, 1.807) is 0 Å². The fourth-order valence-electron chi connectivity index (χ4n) is 2.81. The molecule has 0 aliphatic rings. The second-order valence-electron chi connectivity index (χ2n) is 6.65. The number of unbranched alkanes of at least 4 members (excludes halogenated alkanes) is 12. The summed E-state index contributed by atoms with van der Waals surface area (Å²) in [6.07, 6.45) is 14.1. The number of aliphatic hydroxyl groups is 3. The summed E-state index contributed by atoms with van der Waals surface area (Å²) in [4.78, 5) is 11.4. The number of rotatable bonds is 17. The van der Waals surface area contributed by atoms with Gasteiger partial charge in [0, 0.05) is 0 Å². The van der Waals surface area contributed by atoms with Crippen LogP contribution in [0.4, 0.5) is 0 Å². The van der Waals surface area contributed by atoms with E-state index in [9.17, 15) is 9.90 Å². The van der Waals surface area contributed by atoms with Crippen molar-refractivity contribution in [3.63, 3.8) is 0 Å². The molecule has 2 atom stereocenters. The van der Waals surface area contributed by atoms with Crippen molar-refractivity contribution in [1.29, 1.82) is 0 Å². The molecule has 0 aliphatic heterocycles. The fourth-order valence-corrected chi connectivity index (χ4v) is 2.81. The van der Waals surface area contributed by atoms with Crippen LogP contribution in [0.3, 0.4) is 0 Å². The van der Waals surface area contributed by atoms with E-state index < -0.39 is 24.6 Å². The van der Waals surface area contributed by atoms with Crippen molar-refractivity contribution in [2.45, 2.75) is 109 Å². The monoisotopic (exact) mass is 330 g/mol. The topological polar surface area (TPSA) is 77.8 Å². The molecule has 23 heavy (non-hydrogen) atoms. The Bertz CT molecular complexity index is 268. The molecule has 2 unspecified atom stereocenters. The van der Waals surface area contributed by atoms with Gasteiger partial charge in [0.15, 0.2) is 5.78 Å². The Balaban J connectivity index is 3.26. The molecule has 4 heteroatoms. The number of hydrogen-bond acceptors (Lipinski definition) is 4. The molecule has 0 amide bonds. The summed E-state index contributed by atoms with van der Waals surface area (Å²) in [5.41, 5.74) is 0. The van der Waals surface area contributed by atoms with Crippen molar-refractivity contribution in [3.05, 3.63) is 0 Å². The first-order valence-electron chi connectivity index (χ1n) is 9.64. The Morgan fingerprint density at radius 1 is 0.696 bits per heavy atom. The minimum atomic E-state index is -1.44. The minimum Gasteiger partial charge on any atom is -0.393 e. The van der Waals surface area contributed by atoms with Crippen LogP contribution >= 0.6 is 0 Å². The number of aliphatic hydroxyl groups excluding tert-OH is 3. The van der Waals surface area contributed by atoms with E-state index in [4.69, 9.17) is 10.2 Å². The van der Waals surface area contributed by atoms with Crippen LogP contribution < -0.4 is 0 Å². The summed E-state index contributed by atoms with van der Waals surface area (Å²) in [6.45, 7) is 1.63. The number of carbonyl (C=O) groups excluding carboxylic acids is 1. The Kier molecular flexibility index (Phi) is 16.1. The zero-order chi connectivity index (χ0) is 17.3. The molecule has 0 spiro atoms. The first kappa shape index (κ1) is 22.6. The highest BCUT2D eigenvalue weighted by Gasteiger charge is 2.21. The highest BCUT2D eigenvalue weighted by atomic mass is 16.3. The molecule has 0 rings (SSSR count). The zero-order valence-electron chi connectivity index (χ0n) is 15.0. The van der Waals surface area contributed by atoms with Gasteiger partial charge in [-0.15, -0.1) is 0 Å². The van der Waals surface area contributed by atoms with Gasteiger partial charge in [-0.2, -0.15) is 0 Å². The maximum Gasteiger partial charge on any atom is 0.191 e. The van der Waals surface area contributed by atoms with E-state index in [1.807, 2.05) is 0 Å². The first-order chi connectivity index (χ1) is 11.1. The van der Waals surface area contributed by atoms with Gasteiger partial charge < -0.3 is 15.3 Å². The van der Waals surface area contributed by atoms with E-state index in [1.165, 1.54) is 64.2 Å². The normalized spacial score (nSPS) is 13.9. The average Bonchev–Trinajstić information content (AvgIpc) is 2.57. The maximum absolute atomic E-state index is 11.4. The highest BCUT2D eigenvalue weighted by molar-refractivity contribution is 5.86. The number of carbonyl (C=O) groups is 1. The van der Waals surface area contributed by atoms with Crippen LogP contribution in [0.15, 0.2) is 0 Å². The van der Waals surface area contributed by atoms with Gasteiger partial charge in [0.1, 0.15) is 12.2 Å². The molecule has 0 aromatic rings. The van der Waals surface area contributed by atoms with Crippen LogP contribution in [0.1, 0.15) is 96.8 Å². The van der Waals surface area contributed by atoms with Gasteiger partial charge in [0.25, 0.3) is 0 Å². The third-order valence-corrected chi connectivity index (χ3v) is 4.41. The van der Waals surface area contributed by atoms with Crippen LogP contribution in [0.5, 0.6) is 0 Å². The second-order valence-corrected chi connectivity index (χ2v) is 6.65. The van der Waals surface area contributed by atoms with Crippen molar-refractivity contribution in [2.75, 3.05) is 6.61 Å². The van der Waals surface area contributed by atoms with Crippen LogP contribution in [-0.4, -0.2) is 39.9 Å². The highest BCUT2D eigenvalue weighted by Crippen LogP contribution is 2.13. The Morgan fingerprint density at radius 3 is 1.48 bits per heavy atom. The van der Waals surface area contributed by atoms with Gasteiger partial charge in [0.05, 0.1) is 6.61 Å². The summed E-state index contributed by atoms with van der Waals surface area (Å²) < 4.78 is 0. The molecule has 3 N–H and O–H groups in total. The van der Waals surface area contributed by atoms with Gasteiger partial charge in [-0.1, -0.05) is 90.4 Å². The predicted molar refractivity (Wildman–Crippen MR) is 94.4 cm³/mol. The molecule has 0 saturated heterocycles. The number of hydrogen-bond donors (Lipinski definition) is 3. The Labute approximate surface area is 142 Å². The number of ketones is 1. The minimum absolute atomic E-state index is 0.383. The predicted octanol–water partition coefficient (Wildman–Crippen LogP) is 3.75. The third-order valence-electron chi connectivity index (χ3n) is 4.41. The van der Waals surface area contributed by atoms with Crippen molar-refractivity contribution < 1.29 is 20.1 Å². The average molecular weight is 331 g/mol. The van der Waals surface area contributed by atoms with Crippen LogP contribution in [0, 0.1) is 0 Å². The number of Topliss-reactive ketones (excluding diaryl/α,β-unsaturated/α-hetero) is 1. The largest absolute Gasteiger partial charge is 0.393 e.